The first kappa shape index (κ1) is 11.7. The molecule has 0 fully saturated rings. The van der Waals surface area contributed by atoms with Crippen LogP contribution in [0.25, 0.3) is 10.8 Å². The van der Waals surface area contributed by atoms with Gasteiger partial charge in [0.05, 0.1) is 6.61 Å². The van der Waals surface area contributed by atoms with E-state index in [-0.39, 0.29) is 6.61 Å². The fourth-order valence-corrected chi connectivity index (χ4v) is 1.57. The van der Waals surface area contributed by atoms with Crippen LogP contribution in [0.1, 0.15) is 25.0 Å². The Hall–Kier alpha value is -1.34. The average Bonchev–Trinajstić information content (AvgIpc) is 2.32. The van der Waals surface area contributed by atoms with Gasteiger partial charge >= 0.3 is 0 Å². The lowest BCUT2D eigenvalue weighted by Crippen LogP contribution is -1.84. The lowest BCUT2D eigenvalue weighted by Gasteiger charge is -2.03. The molecule has 0 atom stereocenters. The van der Waals surface area contributed by atoms with Gasteiger partial charge in [0.25, 0.3) is 0 Å². The first-order valence-electron chi connectivity index (χ1n) is 5.40. The minimum Gasteiger partial charge on any atom is -0.392 e. The Bertz CT molecular complexity index is 432. The molecule has 0 radical (unpaired) electrons. The molecule has 80 valence electrons. The molecule has 0 aliphatic carbocycles. The summed E-state index contributed by atoms with van der Waals surface area (Å²) in [4.78, 5) is 0. The van der Waals surface area contributed by atoms with E-state index in [1.807, 2.05) is 32.0 Å². The molecule has 0 aliphatic heterocycles. The number of aliphatic hydroxyl groups is 1. The number of aliphatic hydroxyl groups excluding tert-OH is 1. The molecule has 0 saturated carbocycles. The zero-order chi connectivity index (χ0) is 11.3. The summed E-state index contributed by atoms with van der Waals surface area (Å²) in [6, 6.07) is 12.3. The fourth-order valence-electron chi connectivity index (χ4n) is 1.57. The molecule has 0 unspecified atom stereocenters. The van der Waals surface area contributed by atoms with E-state index < -0.39 is 0 Å². The third-order valence-electron chi connectivity index (χ3n) is 2.35. The van der Waals surface area contributed by atoms with Gasteiger partial charge in [0.1, 0.15) is 0 Å². The average molecular weight is 202 g/mol. The molecule has 2 rings (SSSR count). The van der Waals surface area contributed by atoms with Crippen molar-refractivity contribution in [2.75, 3.05) is 0 Å². The van der Waals surface area contributed by atoms with Crippen molar-refractivity contribution >= 4 is 10.8 Å². The number of benzene rings is 2. The molecule has 0 heterocycles. The molecule has 2 aromatic rings. The summed E-state index contributed by atoms with van der Waals surface area (Å²) < 4.78 is 0. The normalized spacial score (nSPS) is 9.60. The summed E-state index contributed by atoms with van der Waals surface area (Å²) >= 11 is 0. The molecular weight excluding hydrogens is 184 g/mol. The van der Waals surface area contributed by atoms with Crippen LogP contribution in [-0.2, 0) is 6.61 Å². The topological polar surface area (TPSA) is 20.2 Å². The van der Waals surface area contributed by atoms with E-state index in [1.54, 1.807) is 0 Å². The maximum Gasteiger partial charge on any atom is 0.0682 e. The van der Waals surface area contributed by atoms with Gasteiger partial charge in [0, 0.05) is 0 Å². The van der Waals surface area contributed by atoms with Gasteiger partial charge in [0.15, 0.2) is 0 Å². The van der Waals surface area contributed by atoms with Crippen LogP contribution in [0.4, 0.5) is 0 Å². The van der Waals surface area contributed by atoms with Crippen molar-refractivity contribution < 1.29 is 5.11 Å². The van der Waals surface area contributed by atoms with Crippen molar-refractivity contribution in [3.63, 3.8) is 0 Å². The molecule has 0 aromatic heterocycles. The van der Waals surface area contributed by atoms with Gasteiger partial charge in [-0.05, 0) is 34.9 Å². The molecule has 15 heavy (non-hydrogen) atoms. The fraction of sp³-hybridized carbons (Fsp3) is 0.286. The van der Waals surface area contributed by atoms with Crippen molar-refractivity contribution in [2.45, 2.75) is 27.4 Å². The highest BCUT2D eigenvalue weighted by atomic mass is 16.3. The monoisotopic (exact) mass is 202 g/mol. The highest BCUT2D eigenvalue weighted by molar-refractivity contribution is 5.86. The zero-order valence-electron chi connectivity index (χ0n) is 9.62. The van der Waals surface area contributed by atoms with Gasteiger partial charge in [-0.1, -0.05) is 44.2 Å². The Morgan fingerprint density at radius 3 is 2.47 bits per heavy atom. The van der Waals surface area contributed by atoms with E-state index in [4.69, 9.17) is 5.11 Å². The molecule has 0 amide bonds. The summed E-state index contributed by atoms with van der Waals surface area (Å²) in [6.07, 6.45) is 0. The van der Waals surface area contributed by atoms with E-state index in [9.17, 15) is 0 Å². The number of rotatable bonds is 1. The van der Waals surface area contributed by atoms with Crippen LogP contribution in [0.15, 0.2) is 36.4 Å². The van der Waals surface area contributed by atoms with Gasteiger partial charge in [-0.3, -0.25) is 0 Å². The lowest BCUT2D eigenvalue weighted by molar-refractivity contribution is 0.282. The Labute approximate surface area is 91.4 Å². The van der Waals surface area contributed by atoms with Crippen LogP contribution in [0, 0.1) is 6.92 Å². The number of hydrogen-bond acceptors (Lipinski definition) is 1. The smallest absolute Gasteiger partial charge is 0.0682 e. The minimum atomic E-state index is 0.115. The Morgan fingerprint density at radius 2 is 1.80 bits per heavy atom. The standard InChI is InChI=1S/C12H12O.C2H6/c1-9-3-2-4-11-6-5-10(8-13)7-12(9)11;1-2/h2-7,13H,8H2,1H3;1-2H3. The highest BCUT2D eigenvalue weighted by Gasteiger charge is 1.97. The predicted octanol–water partition coefficient (Wildman–Crippen LogP) is 3.67. The zero-order valence-corrected chi connectivity index (χ0v) is 9.62. The second-order valence-electron chi connectivity index (χ2n) is 3.29. The van der Waals surface area contributed by atoms with E-state index >= 15 is 0 Å². The molecule has 1 N–H and O–H groups in total. The summed E-state index contributed by atoms with van der Waals surface area (Å²) in [6.45, 7) is 6.20. The predicted molar refractivity (Wildman–Crippen MR) is 66.0 cm³/mol. The summed E-state index contributed by atoms with van der Waals surface area (Å²) in [5.41, 5.74) is 2.23. The molecule has 2 aromatic carbocycles. The van der Waals surface area contributed by atoms with Gasteiger partial charge in [-0.2, -0.15) is 0 Å². The van der Waals surface area contributed by atoms with Gasteiger partial charge in [-0.25, -0.2) is 0 Å². The van der Waals surface area contributed by atoms with Crippen molar-refractivity contribution in [1.82, 2.24) is 0 Å². The van der Waals surface area contributed by atoms with Gasteiger partial charge in [-0.15, -0.1) is 0 Å². The summed E-state index contributed by atoms with van der Waals surface area (Å²) in [5, 5.41) is 11.5. The maximum atomic E-state index is 8.99. The molecule has 0 bridgehead atoms. The Balaban J connectivity index is 0.000000531. The van der Waals surface area contributed by atoms with Crippen molar-refractivity contribution in [1.29, 1.82) is 0 Å². The maximum absolute atomic E-state index is 8.99. The highest BCUT2D eigenvalue weighted by Crippen LogP contribution is 2.19. The van der Waals surface area contributed by atoms with Crippen LogP contribution >= 0.6 is 0 Å². The quantitative estimate of drug-likeness (QED) is 0.748. The van der Waals surface area contributed by atoms with Crippen LogP contribution < -0.4 is 0 Å². The van der Waals surface area contributed by atoms with Crippen molar-refractivity contribution in [3.05, 3.63) is 47.5 Å². The van der Waals surface area contributed by atoms with Crippen molar-refractivity contribution in [3.8, 4) is 0 Å². The molecule has 0 spiro atoms. The van der Waals surface area contributed by atoms with E-state index in [1.165, 1.54) is 16.3 Å². The van der Waals surface area contributed by atoms with Crippen molar-refractivity contribution in [2.24, 2.45) is 0 Å². The van der Waals surface area contributed by atoms with E-state index in [0.717, 1.165) is 5.56 Å². The van der Waals surface area contributed by atoms with Gasteiger partial charge < -0.3 is 5.11 Å². The second-order valence-corrected chi connectivity index (χ2v) is 3.29. The summed E-state index contributed by atoms with van der Waals surface area (Å²) in [5.74, 6) is 0. The number of aryl methyl sites for hydroxylation is 1. The summed E-state index contributed by atoms with van der Waals surface area (Å²) in [7, 11) is 0. The van der Waals surface area contributed by atoms with E-state index in [0.29, 0.717) is 0 Å². The Kier molecular flexibility index (Phi) is 4.32. The molecule has 0 saturated heterocycles. The first-order chi connectivity index (χ1) is 7.31. The first-order valence-corrected chi connectivity index (χ1v) is 5.40. The molecular formula is C14H18O. The Morgan fingerprint density at radius 1 is 1.07 bits per heavy atom. The third-order valence-corrected chi connectivity index (χ3v) is 2.35. The SMILES string of the molecule is CC.Cc1cccc2ccc(CO)cc12. The van der Waals surface area contributed by atoms with Crippen LogP contribution in [-0.4, -0.2) is 5.11 Å². The minimum absolute atomic E-state index is 0.115. The lowest BCUT2D eigenvalue weighted by atomic mass is 10.0. The molecule has 1 heteroatoms. The number of fused-ring (bicyclic) bond motifs is 1. The van der Waals surface area contributed by atoms with Crippen LogP contribution in [0.5, 0.6) is 0 Å². The number of hydrogen-bond donors (Lipinski definition) is 1. The van der Waals surface area contributed by atoms with Crippen LogP contribution in [0.3, 0.4) is 0 Å². The molecule has 0 aliphatic rings. The largest absolute Gasteiger partial charge is 0.392 e. The third kappa shape index (κ3) is 2.57. The second kappa shape index (κ2) is 5.52. The van der Waals surface area contributed by atoms with Gasteiger partial charge in [0.2, 0.25) is 0 Å². The molecule has 1 nitrogen and oxygen atoms in total. The van der Waals surface area contributed by atoms with E-state index in [2.05, 4.69) is 25.1 Å². The van der Waals surface area contributed by atoms with Crippen LogP contribution in [0.2, 0.25) is 0 Å².